The number of likely N-dealkylation sites (N-methyl/N-ethyl adjacent to an activating group) is 1. The van der Waals surface area contributed by atoms with Crippen molar-refractivity contribution in [2.45, 2.75) is 43.2 Å². The minimum atomic E-state index is -3.52. The van der Waals surface area contributed by atoms with Gasteiger partial charge in [-0.05, 0) is 69.6 Å². The van der Waals surface area contributed by atoms with Gasteiger partial charge in [0.1, 0.15) is 0 Å². The molecule has 2 aromatic rings. The number of carbonyl (C=O) groups is 1. The molecule has 0 aliphatic carbocycles. The standard InChI is InChI=1S/C21H29N3O3S2/c1-16-7-4-5-13-24(16)29(26,27)18-11-9-17(10-12-18)21(25)22-15-19(23(2)3)20-8-6-14-28-20/h6,8-12,14,16,19H,4-5,7,13,15H2,1-3H3,(H,22,25)/t16-,19+/m1/s1. The Labute approximate surface area is 177 Å². The van der Waals surface area contributed by atoms with E-state index in [1.54, 1.807) is 27.8 Å². The maximum Gasteiger partial charge on any atom is 0.251 e. The van der Waals surface area contributed by atoms with Crippen LogP contribution >= 0.6 is 11.3 Å². The number of amides is 1. The fourth-order valence-corrected chi connectivity index (χ4v) is 6.27. The van der Waals surface area contributed by atoms with E-state index >= 15 is 0 Å². The normalized spacial score (nSPS) is 19.2. The highest BCUT2D eigenvalue weighted by Crippen LogP contribution is 2.25. The molecule has 29 heavy (non-hydrogen) atoms. The van der Waals surface area contributed by atoms with Crippen LogP contribution < -0.4 is 5.32 Å². The maximum absolute atomic E-state index is 12.9. The highest BCUT2D eigenvalue weighted by Gasteiger charge is 2.31. The molecule has 0 bridgehead atoms. The molecule has 1 aromatic heterocycles. The fraction of sp³-hybridized carbons (Fsp3) is 0.476. The lowest BCUT2D eigenvalue weighted by molar-refractivity contribution is 0.0942. The lowest BCUT2D eigenvalue weighted by atomic mass is 10.1. The summed E-state index contributed by atoms with van der Waals surface area (Å²) in [6.07, 6.45) is 2.84. The Morgan fingerprint density at radius 3 is 2.55 bits per heavy atom. The minimum Gasteiger partial charge on any atom is -0.350 e. The smallest absolute Gasteiger partial charge is 0.251 e. The average Bonchev–Trinajstić information content (AvgIpc) is 3.22. The van der Waals surface area contributed by atoms with Crippen LogP contribution in [0.4, 0.5) is 0 Å². The molecular formula is C21H29N3O3S2. The molecular weight excluding hydrogens is 406 g/mol. The summed E-state index contributed by atoms with van der Waals surface area (Å²) >= 11 is 1.66. The molecule has 2 heterocycles. The summed E-state index contributed by atoms with van der Waals surface area (Å²) in [7, 11) is 0.444. The lowest BCUT2D eigenvalue weighted by Crippen LogP contribution is -2.41. The van der Waals surface area contributed by atoms with Crippen molar-refractivity contribution in [3.8, 4) is 0 Å². The zero-order valence-electron chi connectivity index (χ0n) is 17.2. The van der Waals surface area contributed by atoms with Gasteiger partial charge in [-0.3, -0.25) is 4.79 Å². The molecule has 2 atom stereocenters. The molecule has 1 amide bonds. The summed E-state index contributed by atoms with van der Waals surface area (Å²) in [6.45, 7) is 2.99. The third kappa shape index (κ3) is 5.06. The van der Waals surface area contributed by atoms with E-state index in [4.69, 9.17) is 0 Å². The van der Waals surface area contributed by atoms with Crippen LogP contribution in [-0.2, 0) is 10.0 Å². The van der Waals surface area contributed by atoms with Gasteiger partial charge in [-0.15, -0.1) is 11.3 Å². The van der Waals surface area contributed by atoms with Crippen LogP contribution in [0.1, 0.15) is 47.5 Å². The van der Waals surface area contributed by atoms with E-state index in [2.05, 4.69) is 16.3 Å². The SMILES string of the molecule is C[C@@H]1CCCCN1S(=O)(=O)c1ccc(C(=O)NC[C@@H](c2cccs2)N(C)C)cc1. The molecule has 158 valence electrons. The number of carbonyl (C=O) groups excluding carboxylic acids is 1. The summed E-state index contributed by atoms with van der Waals surface area (Å²) in [5.41, 5.74) is 0.458. The van der Waals surface area contributed by atoms with E-state index in [-0.39, 0.29) is 22.9 Å². The predicted molar refractivity (Wildman–Crippen MR) is 117 cm³/mol. The van der Waals surface area contributed by atoms with Crippen LogP contribution in [-0.4, -0.2) is 56.8 Å². The summed E-state index contributed by atoms with van der Waals surface area (Å²) < 4.78 is 27.4. The van der Waals surface area contributed by atoms with E-state index in [0.29, 0.717) is 18.7 Å². The van der Waals surface area contributed by atoms with Gasteiger partial charge in [0.25, 0.3) is 5.91 Å². The number of thiophene rings is 1. The third-order valence-corrected chi connectivity index (χ3v) is 8.42. The highest BCUT2D eigenvalue weighted by molar-refractivity contribution is 7.89. The van der Waals surface area contributed by atoms with Crippen LogP contribution in [0.2, 0.25) is 0 Å². The molecule has 1 aromatic carbocycles. The second-order valence-electron chi connectivity index (χ2n) is 7.69. The molecule has 0 radical (unpaired) electrons. The van der Waals surface area contributed by atoms with Gasteiger partial charge in [-0.2, -0.15) is 4.31 Å². The molecule has 0 saturated carbocycles. The monoisotopic (exact) mass is 435 g/mol. The molecule has 8 heteroatoms. The largest absolute Gasteiger partial charge is 0.350 e. The van der Waals surface area contributed by atoms with Gasteiger partial charge < -0.3 is 10.2 Å². The molecule has 0 unspecified atom stereocenters. The van der Waals surface area contributed by atoms with E-state index in [1.165, 1.54) is 17.0 Å². The Hall–Kier alpha value is -1.74. The second-order valence-corrected chi connectivity index (χ2v) is 10.6. The molecule has 1 saturated heterocycles. The first-order valence-corrected chi connectivity index (χ1v) is 12.2. The first kappa shape index (κ1) is 22.0. The van der Waals surface area contributed by atoms with E-state index in [9.17, 15) is 13.2 Å². The first-order valence-electron chi connectivity index (χ1n) is 9.90. The summed E-state index contributed by atoms with van der Waals surface area (Å²) in [4.78, 5) is 16.1. The van der Waals surface area contributed by atoms with Crippen LogP contribution in [0.25, 0.3) is 0 Å². The summed E-state index contributed by atoms with van der Waals surface area (Å²) in [5, 5.41) is 4.99. The topological polar surface area (TPSA) is 69.7 Å². The second kappa shape index (κ2) is 9.38. The molecule has 1 N–H and O–H groups in total. The number of hydrogen-bond donors (Lipinski definition) is 1. The van der Waals surface area contributed by atoms with Crippen molar-refractivity contribution in [2.75, 3.05) is 27.2 Å². The van der Waals surface area contributed by atoms with Crippen molar-refractivity contribution in [3.05, 3.63) is 52.2 Å². The quantitative estimate of drug-likeness (QED) is 0.724. The molecule has 6 nitrogen and oxygen atoms in total. The van der Waals surface area contributed by atoms with Gasteiger partial charge in [0.2, 0.25) is 10.0 Å². The minimum absolute atomic E-state index is 0.0111. The number of piperidine rings is 1. The molecule has 1 fully saturated rings. The molecule has 1 aliphatic rings. The Kier molecular flexibility index (Phi) is 7.10. The van der Waals surface area contributed by atoms with Crippen LogP contribution in [0.15, 0.2) is 46.7 Å². The third-order valence-electron chi connectivity index (χ3n) is 5.42. The Morgan fingerprint density at radius 2 is 1.97 bits per heavy atom. The van der Waals surface area contributed by atoms with E-state index in [0.717, 1.165) is 19.3 Å². The lowest BCUT2D eigenvalue weighted by Gasteiger charge is -2.32. The molecule has 1 aliphatic heterocycles. The van der Waals surface area contributed by atoms with Gasteiger partial charge in [-0.1, -0.05) is 12.5 Å². The number of sulfonamides is 1. The number of hydrogen-bond acceptors (Lipinski definition) is 5. The Balaban J connectivity index is 1.67. The van der Waals surface area contributed by atoms with Crippen molar-refractivity contribution < 1.29 is 13.2 Å². The van der Waals surface area contributed by atoms with Crippen LogP contribution in [0.5, 0.6) is 0 Å². The van der Waals surface area contributed by atoms with Crippen LogP contribution in [0.3, 0.4) is 0 Å². The van der Waals surface area contributed by atoms with Crippen molar-refractivity contribution >= 4 is 27.3 Å². The number of nitrogens with one attached hydrogen (secondary N) is 1. The van der Waals surface area contributed by atoms with Gasteiger partial charge in [0.05, 0.1) is 10.9 Å². The zero-order chi connectivity index (χ0) is 21.0. The maximum atomic E-state index is 12.9. The van der Waals surface area contributed by atoms with E-state index < -0.39 is 10.0 Å². The van der Waals surface area contributed by atoms with E-state index in [1.807, 2.05) is 32.5 Å². The van der Waals surface area contributed by atoms with Gasteiger partial charge in [-0.25, -0.2) is 8.42 Å². The van der Waals surface area contributed by atoms with Crippen molar-refractivity contribution in [3.63, 3.8) is 0 Å². The zero-order valence-corrected chi connectivity index (χ0v) is 18.8. The van der Waals surface area contributed by atoms with Crippen molar-refractivity contribution in [2.24, 2.45) is 0 Å². The predicted octanol–water partition coefficient (Wildman–Crippen LogP) is 3.34. The van der Waals surface area contributed by atoms with Gasteiger partial charge in [0.15, 0.2) is 0 Å². The van der Waals surface area contributed by atoms with Crippen molar-refractivity contribution in [1.29, 1.82) is 0 Å². The Bertz CT molecular complexity index is 909. The summed E-state index contributed by atoms with van der Waals surface area (Å²) in [6, 6.07) is 10.4. The highest BCUT2D eigenvalue weighted by atomic mass is 32.2. The van der Waals surface area contributed by atoms with Gasteiger partial charge in [0, 0.05) is 29.6 Å². The number of nitrogens with zero attached hydrogens (tertiary/aromatic N) is 2. The molecule has 0 spiro atoms. The fourth-order valence-electron chi connectivity index (χ4n) is 3.65. The number of benzene rings is 1. The van der Waals surface area contributed by atoms with Gasteiger partial charge >= 0.3 is 0 Å². The summed E-state index contributed by atoms with van der Waals surface area (Å²) in [5.74, 6) is -0.205. The molecule has 3 rings (SSSR count). The van der Waals surface area contributed by atoms with Crippen molar-refractivity contribution in [1.82, 2.24) is 14.5 Å². The average molecular weight is 436 g/mol. The first-order chi connectivity index (χ1) is 13.8. The van der Waals surface area contributed by atoms with Crippen LogP contribution in [0, 0.1) is 0 Å². The Morgan fingerprint density at radius 1 is 1.24 bits per heavy atom. The number of rotatable bonds is 7.